The van der Waals surface area contributed by atoms with Crippen molar-refractivity contribution in [2.45, 2.75) is 51.5 Å². The zero-order chi connectivity index (χ0) is 21.6. The van der Waals surface area contributed by atoms with Crippen molar-refractivity contribution in [3.63, 3.8) is 0 Å². The molecule has 158 valence electrons. The van der Waals surface area contributed by atoms with Gasteiger partial charge in [-0.05, 0) is 42.0 Å². The zero-order valence-corrected chi connectivity index (χ0v) is 19.0. The van der Waals surface area contributed by atoms with Crippen LogP contribution in [0.15, 0.2) is 59.5 Å². The summed E-state index contributed by atoms with van der Waals surface area (Å²) in [5.41, 5.74) is 2.63. The fourth-order valence-corrected chi connectivity index (χ4v) is 3.69. The third-order valence-electron chi connectivity index (χ3n) is 5.76. The smallest absolute Gasteiger partial charge is 0.224 e. The normalized spacial score (nSPS) is 11.5. The van der Waals surface area contributed by atoms with Gasteiger partial charge in [-0.1, -0.05) is 51.8 Å². The Morgan fingerprint density at radius 2 is 1.87 bits per heavy atom. The van der Waals surface area contributed by atoms with Crippen LogP contribution in [0.2, 0.25) is 0 Å². The number of carbonyl (C=O) groups is 1. The highest BCUT2D eigenvalue weighted by Crippen LogP contribution is 2.30. The Bertz CT molecular complexity index is 1010. The highest BCUT2D eigenvalue weighted by atomic mass is 32.2. The van der Waals surface area contributed by atoms with E-state index in [4.69, 9.17) is 9.72 Å². The molecule has 5 heteroatoms. The molecule has 1 heterocycles. The van der Waals surface area contributed by atoms with E-state index in [0.717, 1.165) is 35.1 Å². The van der Waals surface area contributed by atoms with Crippen LogP contribution in [0.1, 0.15) is 45.7 Å². The number of carbonyl (C=O) groups excluding carboxylic acids is 1. The summed E-state index contributed by atoms with van der Waals surface area (Å²) in [4.78, 5) is 18.4. The number of nitrogens with one attached hydrogen (secondary N) is 1. The van der Waals surface area contributed by atoms with Crippen LogP contribution in [0.5, 0.6) is 5.75 Å². The minimum absolute atomic E-state index is 0.0378. The topological polar surface area (TPSA) is 51.2 Å². The van der Waals surface area contributed by atoms with Gasteiger partial charge in [-0.15, -0.1) is 11.8 Å². The summed E-state index contributed by atoms with van der Waals surface area (Å²) in [6, 6.07) is 17.9. The molecular weight excluding hydrogens is 392 g/mol. The van der Waals surface area contributed by atoms with Crippen molar-refractivity contribution in [2.75, 3.05) is 11.6 Å². The van der Waals surface area contributed by atoms with Crippen LogP contribution >= 0.6 is 11.8 Å². The van der Waals surface area contributed by atoms with Gasteiger partial charge in [0.05, 0.1) is 11.2 Å². The van der Waals surface area contributed by atoms with Crippen molar-refractivity contribution in [1.82, 2.24) is 4.98 Å². The number of hydrogen-bond acceptors (Lipinski definition) is 4. The lowest BCUT2D eigenvalue weighted by atomic mass is 9.81. The Kier molecular flexibility index (Phi) is 7.38. The number of fused-ring (bicyclic) bond motifs is 1. The van der Waals surface area contributed by atoms with Crippen molar-refractivity contribution in [3.05, 3.63) is 60.3 Å². The summed E-state index contributed by atoms with van der Waals surface area (Å²) >= 11 is 1.71. The average Bonchev–Trinajstić information content (AvgIpc) is 2.77. The predicted molar refractivity (Wildman–Crippen MR) is 126 cm³/mol. The van der Waals surface area contributed by atoms with E-state index < -0.39 is 0 Å². The van der Waals surface area contributed by atoms with Crippen molar-refractivity contribution >= 4 is 34.3 Å². The molecule has 0 aliphatic rings. The SMILES string of the molecule is CCC(C)(CC)CC(=O)Nc1cccc(OCc2ccc3ccc(SC)cc3n2)c1. The standard InChI is InChI=1S/C25H30N2O2S/c1-5-25(3,6-2)16-24(28)27-19-8-7-9-21(14-19)29-17-20-12-10-18-11-13-22(30-4)15-23(18)26-20/h7-15H,5-6,16-17H2,1-4H3,(H,27,28). The second-order valence-electron chi connectivity index (χ2n) is 7.92. The van der Waals surface area contributed by atoms with Gasteiger partial charge in [0.1, 0.15) is 12.4 Å². The van der Waals surface area contributed by atoms with Gasteiger partial charge in [0, 0.05) is 28.5 Å². The van der Waals surface area contributed by atoms with Gasteiger partial charge in [-0.3, -0.25) is 4.79 Å². The number of aromatic nitrogens is 1. The van der Waals surface area contributed by atoms with E-state index in [1.165, 1.54) is 4.90 Å². The summed E-state index contributed by atoms with van der Waals surface area (Å²) in [6.45, 7) is 6.80. The summed E-state index contributed by atoms with van der Waals surface area (Å²) in [5.74, 6) is 0.750. The molecule has 3 aromatic rings. The van der Waals surface area contributed by atoms with Crippen molar-refractivity contribution < 1.29 is 9.53 Å². The van der Waals surface area contributed by atoms with E-state index in [-0.39, 0.29) is 11.3 Å². The molecule has 0 aliphatic heterocycles. The van der Waals surface area contributed by atoms with E-state index in [9.17, 15) is 4.79 Å². The summed E-state index contributed by atoms with van der Waals surface area (Å²) in [6.07, 6.45) is 4.55. The molecule has 0 saturated heterocycles. The maximum Gasteiger partial charge on any atom is 0.224 e. The van der Waals surface area contributed by atoms with Crippen LogP contribution in [-0.2, 0) is 11.4 Å². The number of rotatable bonds is 9. The highest BCUT2D eigenvalue weighted by molar-refractivity contribution is 7.98. The van der Waals surface area contributed by atoms with E-state index in [2.05, 4.69) is 56.6 Å². The van der Waals surface area contributed by atoms with E-state index >= 15 is 0 Å². The molecule has 2 aromatic carbocycles. The zero-order valence-electron chi connectivity index (χ0n) is 18.2. The molecule has 4 nitrogen and oxygen atoms in total. The molecule has 0 bridgehead atoms. The van der Waals surface area contributed by atoms with Crippen LogP contribution in [0.25, 0.3) is 10.9 Å². The lowest BCUT2D eigenvalue weighted by Gasteiger charge is -2.25. The Labute approximate surface area is 183 Å². The van der Waals surface area contributed by atoms with Gasteiger partial charge in [-0.25, -0.2) is 4.98 Å². The summed E-state index contributed by atoms with van der Waals surface area (Å²) in [5, 5.41) is 4.12. The Balaban J connectivity index is 1.64. The Morgan fingerprint density at radius 3 is 2.60 bits per heavy atom. The molecule has 0 fully saturated rings. The van der Waals surface area contributed by atoms with Crippen molar-refractivity contribution in [1.29, 1.82) is 0 Å². The average molecular weight is 423 g/mol. The van der Waals surface area contributed by atoms with Crippen molar-refractivity contribution in [2.24, 2.45) is 5.41 Å². The van der Waals surface area contributed by atoms with Crippen LogP contribution < -0.4 is 10.1 Å². The van der Waals surface area contributed by atoms with Gasteiger partial charge in [-0.2, -0.15) is 0 Å². The van der Waals surface area contributed by atoms with Crippen molar-refractivity contribution in [3.8, 4) is 5.75 Å². The second-order valence-corrected chi connectivity index (χ2v) is 8.80. The number of amides is 1. The van der Waals surface area contributed by atoms with Gasteiger partial charge in [0.2, 0.25) is 5.91 Å². The molecule has 30 heavy (non-hydrogen) atoms. The first-order valence-electron chi connectivity index (χ1n) is 10.4. The molecule has 0 saturated carbocycles. The number of nitrogens with zero attached hydrogens (tertiary/aromatic N) is 1. The summed E-state index contributed by atoms with van der Waals surface area (Å²) in [7, 11) is 0. The third-order valence-corrected chi connectivity index (χ3v) is 6.48. The van der Waals surface area contributed by atoms with E-state index in [1.54, 1.807) is 11.8 Å². The fourth-order valence-electron chi connectivity index (χ4n) is 3.26. The number of ether oxygens (including phenoxy) is 1. The molecule has 0 aliphatic carbocycles. The number of benzene rings is 2. The molecule has 3 rings (SSSR count). The van der Waals surface area contributed by atoms with Gasteiger partial charge >= 0.3 is 0 Å². The minimum atomic E-state index is 0.0378. The first-order valence-corrected chi connectivity index (χ1v) is 11.6. The molecular formula is C25H30N2O2S. The highest BCUT2D eigenvalue weighted by Gasteiger charge is 2.23. The molecule has 1 aromatic heterocycles. The Hall–Kier alpha value is -2.53. The quantitative estimate of drug-likeness (QED) is 0.390. The van der Waals surface area contributed by atoms with Gasteiger partial charge < -0.3 is 10.1 Å². The fraction of sp³-hybridized carbons (Fsp3) is 0.360. The van der Waals surface area contributed by atoms with Crippen LogP contribution in [0, 0.1) is 5.41 Å². The Morgan fingerprint density at radius 1 is 1.10 bits per heavy atom. The van der Waals surface area contributed by atoms with Crippen LogP contribution in [0.4, 0.5) is 5.69 Å². The first kappa shape index (κ1) is 22.2. The molecule has 1 N–H and O–H groups in total. The van der Waals surface area contributed by atoms with Gasteiger partial charge in [0.15, 0.2) is 0 Å². The minimum Gasteiger partial charge on any atom is -0.487 e. The molecule has 1 amide bonds. The predicted octanol–water partition coefficient (Wildman–Crippen LogP) is 6.69. The first-order chi connectivity index (χ1) is 14.4. The van der Waals surface area contributed by atoms with Crippen LogP contribution in [0.3, 0.4) is 0 Å². The van der Waals surface area contributed by atoms with Crippen LogP contribution in [-0.4, -0.2) is 17.1 Å². The molecule has 0 unspecified atom stereocenters. The molecule has 0 radical (unpaired) electrons. The number of pyridine rings is 1. The molecule has 0 atom stereocenters. The largest absolute Gasteiger partial charge is 0.487 e. The maximum absolute atomic E-state index is 12.4. The lowest BCUT2D eigenvalue weighted by molar-refractivity contribution is -0.118. The third kappa shape index (κ3) is 5.76. The number of thioether (sulfide) groups is 1. The lowest BCUT2D eigenvalue weighted by Crippen LogP contribution is -2.23. The van der Waals surface area contributed by atoms with E-state index in [0.29, 0.717) is 18.8 Å². The second kappa shape index (κ2) is 9.98. The maximum atomic E-state index is 12.4. The summed E-state index contributed by atoms with van der Waals surface area (Å²) < 4.78 is 5.94. The number of anilines is 1. The van der Waals surface area contributed by atoms with E-state index in [1.807, 2.05) is 30.3 Å². The number of hydrogen-bond donors (Lipinski definition) is 1. The van der Waals surface area contributed by atoms with Gasteiger partial charge in [0.25, 0.3) is 0 Å². The monoisotopic (exact) mass is 422 g/mol. The molecule has 0 spiro atoms.